The summed E-state index contributed by atoms with van der Waals surface area (Å²) in [5.74, 6) is -0.332. The van der Waals surface area contributed by atoms with Gasteiger partial charge in [-0.1, -0.05) is 23.2 Å². The second-order valence-electron chi connectivity index (χ2n) is 4.80. The van der Waals surface area contributed by atoms with Crippen LogP contribution in [0.4, 0.5) is 4.39 Å². The smallest absolute Gasteiger partial charge is 0.128 e. The third kappa shape index (κ3) is 2.82. The number of nitrogens with zero attached hydrogens (tertiary/aromatic N) is 2. The maximum absolute atomic E-state index is 14.1. The number of aromatic nitrogens is 2. The minimum absolute atomic E-state index is 0.121. The molecule has 1 unspecified atom stereocenters. The molecule has 0 aliphatic rings. The highest BCUT2D eigenvalue weighted by Crippen LogP contribution is 2.32. The van der Waals surface area contributed by atoms with Crippen molar-refractivity contribution in [1.29, 1.82) is 0 Å². The molecule has 108 valence electrons. The maximum atomic E-state index is 14.1. The van der Waals surface area contributed by atoms with E-state index in [4.69, 9.17) is 23.2 Å². The minimum Gasteiger partial charge on any atom is -0.308 e. The zero-order valence-electron chi connectivity index (χ0n) is 11.5. The van der Waals surface area contributed by atoms with Gasteiger partial charge in [-0.15, -0.1) is 0 Å². The van der Waals surface area contributed by atoms with Crippen molar-refractivity contribution >= 4 is 23.2 Å². The van der Waals surface area contributed by atoms with Crippen LogP contribution in [0.3, 0.4) is 0 Å². The van der Waals surface area contributed by atoms with Crippen LogP contribution in [0.15, 0.2) is 24.4 Å². The first-order chi connectivity index (χ1) is 9.45. The SMILES string of the molecule is CNC(c1cc(Cl)ccc1F)c1c(Cl)cnn1C(C)C. The molecule has 2 aromatic rings. The Kier molecular flexibility index (Phi) is 4.68. The van der Waals surface area contributed by atoms with Crippen molar-refractivity contribution in [2.75, 3.05) is 7.05 Å². The molecule has 0 saturated carbocycles. The van der Waals surface area contributed by atoms with Gasteiger partial charge in [0.1, 0.15) is 5.82 Å². The van der Waals surface area contributed by atoms with E-state index < -0.39 is 6.04 Å². The highest BCUT2D eigenvalue weighted by molar-refractivity contribution is 6.31. The van der Waals surface area contributed by atoms with Gasteiger partial charge < -0.3 is 5.32 Å². The largest absolute Gasteiger partial charge is 0.308 e. The van der Waals surface area contributed by atoms with Crippen molar-refractivity contribution in [2.45, 2.75) is 25.9 Å². The first kappa shape index (κ1) is 15.3. The van der Waals surface area contributed by atoms with E-state index in [2.05, 4.69) is 10.4 Å². The van der Waals surface area contributed by atoms with Crippen LogP contribution in [-0.2, 0) is 0 Å². The van der Waals surface area contributed by atoms with Crippen molar-refractivity contribution < 1.29 is 4.39 Å². The minimum atomic E-state index is -0.411. The molecule has 0 aliphatic carbocycles. The van der Waals surface area contributed by atoms with E-state index in [1.54, 1.807) is 24.0 Å². The Morgan fingerprint density at radius 2 is 2.00 bits per heavy atom. The number of halogens is 3. The standard InChI is InChI=1S/C14H16Cl2FN3/c1-8(2)20-14(11(16)7-19-20)13(18-3)10-6-9(15)4-5-12(10)17/h4-8,13,18H,1-3H3. The quantitative estimate of drug-likeness (QED) is 0.915. The monoisotopic (exact) mass is 315 g/mol. The van der Waals surface area contributed by atoms with Gasteiger partial charge in [0, 0.05) is 16.6 Å². The van der Waals surface area contributed by atoms with Gasteiger partial charge in [-0.3, -0.25) is 4.68 Å². The lowest BCUT2D eigenvalue weighted by Gasteiger charge is -2.21. The van der Waals surface area contributed by atoms with Crippen molar-refractivity contribution in [2.24, 2.45) is 0 Å². The van der Waals surface area contributed by atoms with Crippen LogP contribution in [0.25, 0.3) is 0 Å². The van der Waals surface area contributed by atoms with E-state index in [9.17, 15) is 4.39 Å². The number of hydrogen-bond acceptors (Lipinski definition) is 2. The summed E-state index contributed by atoms with van der Waals surface area (Å²) in [7, 11) is 1.75. The third-order valence-corrected chi connectivity index (χ3v) is 3.63. The molecule has 1 heterocycles. The van der Waals surface area contributed by atoms with Gasteiger partial charge in [0.2, 0.25) is 0 Å². The first-order valence-electron chi connectivity index (χ1n) is 6.30. The molecular weight excluding hydrogens is 300 g/mol. The molecule has 1 aromatic carbocycles. The Morgan fingerprint density at radius 3 is 2.60 bits per heavy atom. The highest BCUT2D eigenvalue weighted by Gasteiger charge is 2.24. The van der Waals surface area contributed by atoms with Gasteiger partial charge >= 0.3 is 0 Å². The van der Waals surface area contributed by atoms with Gasteiger partial charge in [0.05, 0.1) is 23.0 Å². The summed E-state index contributed by atoms with van der Waals surface area (Å²) in [5.41, 5.74) is 1.18. The van der Waals surface area contributed by atoms with Crippen molar-refractivity contribution in [3.8, 4) is 0 Å². The fourth-order valence-corrected chi connectivity index (χ4v) is 2.63. The van der Waals surface area contributed by atoms with E-state index in [0.29, 0.717) is 15.6 Å². The zero-order chi connectivity index (χ0) is 14.9. The molecule has 1 aromatic heterocycles. The van der Waals surface area contributed by atoms with Crippen LogP contribution < -0.4 is 5.32 Å². The summed E-state index contributed by atoms with van der Waals surface area (Å²) < 4.78 is 15.9. The lowest BCUT2D eigenvalue weighted by molar-refractivity contribution is 0.476. The van der Waals surface area contributed by atoms with Gasteiger partial charge in [-0.2, -0.15) is 5.10 Å². The van der Waals surface area contributed by atoms with Crippen molar-refractivity contribution in [3.05, 3.63) is 51.5 Å². The molecule has 0 saturated heterocycles. The molecule has 0 aliphatic heterocycles. The van der Waals surface area contributed by atoms with Crippen LogP contribution in [0, 0.1) is 5.82 Å². The number of rotatable bonds is 4. The summed E-state index contributed by atoms with van der Waals surface area (Å²) in [6.45, 7) is 3.99. The number of hydrogen-bond donors (Lipinski definition) is 1. The van der Waals surface area contributed by atoms with Gasteiger partial charge in [0.15, 0.2) is 0 Å². The summed E-state index contributed by atoms with van der Waals surface area (Å²) in [6.07, 6.45) is 1.57. The van der Waals surface area contributed by atoms with Crippen LogP contribution in [0.1, 0.15) is 37.2 Å². The lowest BCUT2D eigenvalue weighted by atomic mass is 10.0. The Balaban J connectivity index is 2.58. The van der Waals surface area contributed by atoms with Crippen molar-refractivity contribution in [3.63, 3.8) is 0 Å². The Bertz CT molecular complexity index is 610. The number of nitrogens with one attached hydrogen (secondary N) is 1. The van der Waals surface area contributed by atoms with Gasteiger partial charge in [-0.25, -0.2) is 4.39 Å². The topological polar surface area (TPSA) is 29.9 Å². The molecular formula is C14H16Cl2FN3. The summed E-state index contributed by atoms with van der Waals surface area (Å²) in [6, 6.07) is 4.19. The fraction of sp³-hybridized carbons (Fsp3) is 0.357. The fourth-order valence-electron chi connectivity index (χ4n) is 2.21. The van der Waals surface area contributed by atoms with Crippen LogP contribution in [-0.4, -0.2) is 16.8 Å². The molecule has 0 radical (unpaired) electrons. The lowest BCUT2D eigenvalue weighted by Crippen LogP contribution is -2.23. The van der Waals surface area contributed by atoms with Gasteiger partial charge in [-0.05, 0) is 39.1 Å². The van der Waals surface area contributed by atoms with Crippen LogP contribution >= 0.6 is 23.2 Å². The normalized spacial score (nSPS) is 12.9. The molecule has 0 spiro atoms. The van der Waals surface area contributed by atoms with Crippen molar-refractivity contribution in [1.82, 2.24) is 15.1 Å². The summed E-state index contributed by atoms with van der Waals surface area (Å²) >= 11 is 12.2. The second-order valence-corrected chi connectivity index (χ2v) is 5.65. The van der Waals surface area contributed by atoms with E-state index in [-0.39, 0.29) is 11.9 Å². The van der Waals surface area contributed by atoms with Gasteiger partial charge in [0.25, 0.3) is 0 Å². The Morgan fingerprint density at radius 1 is 1.30 bits per heavy atom. The molecule has 3 nitrogen and oxygen atoms in total. The average Bonchev–Trinajstić information content (AvgIpc) is 2.77. The van der Waals surface area contributed by atoms with E-state index in [1.807, 2.05) is 13.8 Å². The summed E-state index contributed by atoms with van der Waals surface area (Å²) in [5, 5.41) is 8.31. The van der Waals surface area contributed by atoms with Crippen LogP contribution in [0.2, 0.25) is 10.0 Å². The van der Waals surface area contributed by atoms with E-state index in [1.165, 1.54) is 12.1 Å². The molecule has 1 atom stereocenters. The number of benzene rings is 1. The zero-order valence-corrected chi connectivity index (χ0v) is 13.0. The predicted octanol–water partition coefficient (Wildman–Crippen LogP) is 4.22. The highest BCUT2D eigenvalue weighted by atomic mass is 35.5. The maximum Gasteiger partial charge on any atom is 0.128 e. The predicted molar refractivity (Wildman–Crippen MR) is 79.9 cm³/mol. The molecule has 20 heavy (non-hydrogen) atoms. The Hall–Kier alpha value is -1.10. The molecule has 6 heteroatoms. The molecule has 0 bridgehead atoms. The molecule has 1 N–H and O–H groups in total. The van der Waals surface area contributed by atoms with E-state index in [0.717, 1.165) is 5.69 Å². The average molecular weight is 316 g/mol. The van der Waals surface area contributed by atoms with E-state index >= 15 is 0 Å². The first-order valence-corrected chi connectivity index (χ1v) is 7.06. The summed E-state index contributed by atoms with van der Waals surface area (Å²) in [4.78, 5) is 0. The molecule has 2 rings (SSSR count). The third-order valence-electron chi connectivity index (χ3n) is 3.11. The Labute approximate surface area is 127 Å². The molecule has 0 amide bonds. The second kappa shape index (κ2) is 6.12. The molecule has 0 fully saturated rings. The van der Waals surface area contributed by atoms with Crippen LogP contribution in [0.5, 0.6) is 0 Å².